The fraction of sp³-hybridized carbons (Fsp3) is 0.462. The number of carbonyl (C=O) groups excluding carboxylic acids is 1. The highest BCUT2D eigenvalue weighted by molar-refractivity contribution is 5.81. The number of halogens is 1. The topological polar surface area (TPSA) is 75.5 Å². The van der Waals surface area contributed by atoms with Crippen LogP contribution in [0.3, 0.4) is 0 Å². The summed E-state index contributed by atoms with van der Waals surface area (Å²) in [5.74, 6) is -0.895. The van der Waals surface area contributed by atoms with Gasteiger partial charge in [0.2, 0.25) is 11.7 Å². The summed E-state index contributed by atoms with van der Waals surface area (Å²) in [6, 6.07) is 3.64. The highest BCUT2D eigenvalue weighted by atomic mass is 19.1. The van der Waals surface area contributed by atoms with Crippen molar-refractivity contribution < 1.29 is 14.1 Å². The molecule has 1 atom stereocenters. The third kappa shape index (κ3) is 2.93. The Morgan fingerprint density at radius 2 is 2.35 bits per heavy atom. The Morgan fingerprint density at radius 1 is 1.60 bits per heavy atom. The SMILES string of the molecule is CNC(=O)C1CCCN1Cc1ccc([N+](=O)[O-])c(F)c1. The Balaban J connectivity index is 2.12. The molecule has 1 aromatic rings. The van der Waals surface area contributed by atoms with Crippen LogP contribution in [0.2, 0.25) is 0 Å². The van der Waals surface area contributed by atoms with Gasteiger partial charge < -0.3 is 5.32 Å². The molecule has 1 aliphatic heterocycles. The van der Waals surface area contributed by atoms with Gasteiger partial charge in [0, 0.05) is 19.7 Å². The second kappa shape index (κ2) is 5.96. The summed E-state index contributed by atoms with van der Waals surface area (Å²) in [4.78, 5) is 23.5. The van der Waals surface area contributed by atoms with Crippen LogP contribution in [0.5, 0.6) is 0 Å². The summed E-state index contributed by atoms with van der Waals surface area (Å²) in [6.07, 6.45) is 1.68. The van der Waals surface area contributed by atoms with Crippen LogP contribution in [0.4, 0.5) is 10.1 Å². The van der Waals surface area contributed by atoms with Crippen molar-refractivity contribution in [3.05, 3.63) is 39.7 Å². The zero-order chi connectivity index (χ0) is 14.7. The van der Waals surface area contributed by atoms with Gasteiger partial charge in [-0.15, -0.1) is 0 Å². The molecule has 0 aliphatic carbocycles. The molecule has 20 heavy (non-hydrogen) atoms. The second-order valence-corrected chi connectivity index (χ2v) is 4.79. The summed E-state index contributed by atoms with van der Waals surface area (Å²) < 4.78 is 13.6. The Labute approximate surface area is 115 Å². The van der Waals surface area contributed by atoms with Crippen LogP contribution in [0.1, 0.15) is 18.4 Å². The van der Waals surface area contributed by atoms with Gasteiger partial charge in [-0.05, 0) is 31.0 Å². The molecule has 0 aromatic heterocycles. The molecule has 1 amide bonds. The fourth-order valence-corrected chi connectivity index (χ4v) is 2.51. The van der Waals surface area contributed by atoms with E-state index in [9.17, 15) is 19.3 Å². The number of benzene rings is 1. The first-order valence-corrected chi connectivity index (χ1v) is 6.41. The molecule has 0 bridgehead atoms. The Kier molecular flexibility index (Phi) is 4.29. The standard InChI is InChI=1S/C13H16FN3O3/c1-15-13(18)12-3-2-6-16(12)8-9-4-5-11(17(19)20)10(14)7-9/h4-5,7,12H,2-3,6,8H2,1H3,(H,15,18). The lowest BCUT2D eigenvalue weighted by Crippen LogP contribution is -2.41. The highest BCUT2D eigenvalue weighted by Crippen LogP contribution is 2.23. The third-order valence-electron chi connectivity index (χ3n) is 3.51. The van der Waals surface area contributed by atoms with Crippen molar-refractivity contribution in [3.63, 3.8) is 0 Å². The molecule has 1 saturated heterocycles. The minimum absolute atomic E-state index is 0.0510. The largest absolute Gasteiger partial charge is 0.358 e. The van der Waals surface area contributed by atoms with E-state index in [1.54, 1.807) is 7.05 Å². The number of carbonyl (C=O) groups is 1. The number of likely N-dealkylation sites (N-methyl/N-ethyl adjacent to an activating group) is 1. The lowest BCUT2D eigenvalue weighted by molar-refractivity contribution is -0.387. The molecule has 1 N–H and O–H groups in total. The van der Waals surface area contributed by atoms with Gasteiger partial charge in [0.25, 0.3) is 0 Å². The number of nitrogens with zero attached hydrogens (tertiary/aromatic N) is 2. The van der Waals surface area contributed by atoms with E-state index >= 15 is 0 Å². The van der Waals surface area contributed by atoms with Gasteiger partial charge in [0.1, 0.15) is 0 Å². The zero-order valence-electron chi connectivity index (χ0n) is 11.1. The summed E-state index contributed by atoms with van der Waals surface area (Å²) in [5.41, 5.74) is 0.0990. The van der Waals surface area contributed by atoms with Crippen LogP contribution >= 0.6 is 0 Å². The van der Waals surface area contributed by atoms with Crippen molar-refractivity contribution in [2.45, 2.75) is 25.4 Å². The van der Waals surface area contributed by atoms with Crippen molar-refractivity contribution in [1.82, 2.24) is 10.2 Å². The van der Waals surface area contributed by atoms with Crippen LogP contribution in [0, 0.1) is 15.9 Å². The minimum atomic E-state index is -0.844. The maximum Gasteiger partial charge on any atom is 0.304 e. The number of hydrogen-bond acceptors (Lipinski definition) is 4. The number of hydrogen-bond donors (Lipinski definition) is 1. The number of likely N-dealkylation sites (tertiary alicyclic amines) is 1. The average molecular weight is 281 g/mol. The van der Waals surface area contributed by atoms with Crippen molar-refractivity contribution in [3.8, 4) is 0 Å². The van der Waals surface area contributed by atoms with Crippen LogP contribution < -0.4 is 5.32 Å². The normalized spacial score (nSPS) is 19.0. The summed E-state index contributed by atoms with van der Waals surface area (Å²) >= 11 is 0. The molecule has 6 nitrogen and oxygen atoms in total. The lowest BCUT2D eigenvalue weighted by Gasteiger charge is -2.22. The Morgan fingerprint density at radius 3 is 2.95 bits per heavy atom. The molecule has 0 spiro atoms. The predicted octanol–water partition coefficient (Wildman–Crippen LogP) is 1.44. The fourth-order valence-electron chi connectivity index (χ4n) is 2.51. The van der Waals surface area contributed by atoms with Crippen molar-refractivity contribution >= 4 is 11.6 Å². The second-order valence-electron chi connectivity index (χ2n) is 4.79. The zero-order valence-corrected chi connectivity index (χ0v) is 11.1. The maximum absolute atomic E-state index is 13.6. The first-order chi connectivity index (χ1) is 9.52. The van der Waals surface area contributed by atoms with Crippen molar-refractivity contribution in [1.29, 1.82) is 0 Å². The van der Waals surface area contributed by atoms with Gasteiger partial charge in [-0.3, -0.25) is 19.8 Å². The van der Waals surface area contributed by atoms with E-state index in [1.807, 2.05) is 4.90 Å². The number of nitrogens with one attached hydrogen (secondary N) is 1. The van der Waals surface area contributed by atoms with E-state index in [1.165, 1.54) is 6.07 Å². The van der Waals surface area contributed by atoms with E-state index in [-0.39, 0.29) is 11.9 Å². The van der Waals surface area contributed by atoms with Gasteiger partial charge in [0.05, 0.1) is 11.0 Å². The highest BCUT2D eigenvalue weighted by Gasteiger charge is 2.30. The van der Waals surface area contributed by atoms with Gasteiger partial charge in [-0.2, -0.15) is 4.39 Å². The Hall–Kier alpha value is -2.02. The molecule has 108 valence electrons. The predicted molar refractivity (Wildman–Crippen MR) is 70.6 cm³/mol. The summed E-state index contributed by atoms with van der Waals surface area (Å²) in [6.45, 7) is 1.17. The van der Waals surface area contributed by atoms with Crippen LogP contribution in [-0.4, -0.2) is 35.4 Å². The van der Waals surface area contributed by atoms with E-state index in [0.717, 1.165) is 31.5 Å². The molecule has 1 fully saturated rings. The van der Waals surface area contributed by atoms with E-state index in [0.29, 0.717) is 12.1 Å². The van der Waals surface area contributed by atoms with Crippen LogP contribution in [0.15, 0.2) is 18.2 Å². The average Bonchev–Trinajstić information content (AvgIpc) is 2.85. The number of nitro groups is 1. The van der Waals surface area contributed by atoms with E-state index in [2.05, 4.69) is 5.32 Å². The number of rotatable bonds is 4. The molecule has 1 heterocycles. The Bertz CT molecular complexity index is 536. The minimum Gasteiger partial charge on any atom is -0.358 e. The molecular formula is C13H16FN3O3. The maximum atomic E-state index is 13.6. The van der Waals surface area contributed by atoms with Crippen molar-refractivity contribution in [2.24, 2.45) is 0 Å². The summed E-state index contributed by atoms with van der Waals surface area (Å²) in [7, 11) is 1.59. The van der Waals surface area contributed by atoms with Gasteiger partial charge >= 0.3 is 5.69 Å². The number of amides is 1. The first kappa shape index (κ1) is 14.4. The van der Waals surface area contributed by atoms with Gasteiger partial charge in [0.15, 0.2) is 0 Å². The van der Waals surface area contributed by atoms with E-state index in [4.69, 9.17) is 0 Å². The molecule has 0 radical (unpaired) electrons. The smallest absolute Gasteiger partial charge is 0.304 e. The molecule has 1 unspecified atom stereocenters. The van der Waals surface area contributed by atoms with E-state index < -0.39 is 16.4 Å². The first-order valence-electron chi connectivity index (χ1n) is 6.41. The molecular weight excluding hydrogens is 265 g/mol. The van der Waals surface area contributed by atoms with Gasteiger partial charge in [-0.25, -0.2) is 0 Å². The van der Waals surface area contributed by atoms with Crippen LogP contribution in [-0.2, 0) is 11.3 Å². The molecule has 0 saturated carbocycles. The van der Waals surface area contributed by atoms with Crippen molar-refractivity contribution in [2.75, 3.05) is 13.6 Å². The number of nitro benzene ring substituents is 1. The monoisotopic (exact) mass is 281 g/mol. The quantitative estimate of drug-likeness (QED) is 0.669. The third-order valence-corrected chi connectivity index (χ3v) is 3.51. The molecule has 1 aliphatic rings. The lowest BCUT2D eigenvalue weighted by atomic mass is 10.1. The molecule has 2 rings (SSSR count). The molecule has 7 heteroatoms. The summed E-state index contributed by atoms with van der Waals surface area (Å²) in [5, 5.41) is 13.2. The molecule has 1 aromatic carbocycles. The van der Waals surface area contributed by atoms with Gasteiger partial charge in [-0.1, -0.05) is 6.07 Å². The van der Waals surface area contributed by atoms with Crippen LogP contribution in [0.25, 0.3) is 0 Å².